The fourth-order valence-corrected chi connectivity index (χ4v) is 1.39. The topological polar surface area (TPSA) is 51.2 Å². The Balaban J connectivity index is 2.89. The van der Waals surface area contributed by atoms with Crippen LogP contribution in [0.15, 0.2) is 18.3 Å². The van der Waals surface area contributed by atoms with Crippen molar-refractivity contribution < 1.29 is 13.9 Å². The van der Waals surface area contributed by atoms with Crippen LogP contribution in [0, 0.1) is 5.82 Å². The van der Waals surface area contributed by atoms with E-state index in [1.54, 1.807) is 6.92 Å². The zero-order chi connectivity index (χ0) is 12.8. The SMILES string of the molecule is CCOC(=O)C(NC(C)C)c1ccc(F)cn1. The molecule has 0 aliphatic rings. The van der Waals surface area contributed by atoms with E-state index in [0.717, 1.165) is 6.20 Å². The highest BCUT2D eigenvalue weighted by atomic mass is 19.1. The number of hydrogen-bond acceptors (Lipinski definition) is 4. The molecule has 1 heterocycles. The first kappa shape index (κ1) is 13.6. The summed E-state index contributed by atoms with van der Waals surface area (Å²) in [7, 11) is 0. The second-order valence-corrected chi connectivity index (χ2v) is 3.91. The molecule has 0 fully saturated rings. The number of pyridine rings is 1. The second kappa shape index (κ2) is 6.30. The van der Waals surface area contributed by atoms with Gasteiger partial charge in [-0.3, -0.25) is 10.3 Å². The summed E-state index contributed by atoms with van der Waals surface area (Å²) in [5.41, 5.74) is 0.457. The third kappa shape index (κ3) is 4.11. The lowest BCUT2D eigenvalue weighted by molar-refractivity contribution is -0.146. The lowest BCUT2D eigenvalue weighted by atomic mass is 10.1. The number of nitrogens with zero attached hydrogens (tertiary/aromatic N) is 1. The van der Waals surface area contributed by atoms with Crippen LogP contribution in [0.1, 0.15) is 32.5 Å². The van der Waals surface area contributed by atoms with Crippen molar-refractivity contribution in [1.82, 2.24) is 10.3 Å². The molecule has 1 atom stereocenters. The van der Waals surface area contributed by atoms with Gasteiger partial charge in [-0.1, -0.05) is 0 Å². The molecule has 1 unspecified atom stereocenters. The van der Waals surface area contributed by atoms with Gasteiger partial charge in [-0.15, -0.1) is 0 Å². The van der Waals surface area contributed by atoms with Crippen LogP contribution >= 0.6 is 0 Å². The molecule has 0 aliphatic carbocycles. The van der Waals surface area contributed by atoms with E-state index < -0.39 is 17.8 Å². The summed E-state index contributed by atoms with van der Waals surface area (Å²) in [5, 5.41) is 3.04. The maximum atomic E-state index is 12.8. The first-order valence-electron chi connectivity index (χ1n) is 5.58. The number of rotatable bonds is 5. The van der Waals surface area contributed by atoms with Crippen molar-refractivity contribution in [3.63, 3.8) is 0 Å². The summed E-state index contributed by atoms with van der Waals surface area (Å²) in [4.78, 5) is 15.6. The molecule has 0 saturated carbocycles. The standard InChI is InChI=1S/C12H17FN2O2/c1-4-17-12(16)11(15-8(2)3)10-6-5-9(13)7-14-10/h5-8,11,15H,4H2,1-3H3. The molecule has 1 rings (SSSR count). The molecule has 1 aromatic heterocycles. The van der Waals surface area contributed by atoms with Crippen molar-refractivity contribution in [3.05, 3.63) is 29.8 Å². The van der Waals surface area contributed by atoms with E-state index in [1.807, 2.05) is 13.8 Å². The molecule has 0 bridgehead atoms. The van der Waals surface area contributed by atoms with Gasteiger partial charge in [0.1, 0.15) is 11.9 Å². The Morgan fingerprint density at radius 3 is 2.71 bits per heavy atom. The maximum absolute atomic E-state index is 12.8. The Bertz CT molecular complexity index is 365. The third-order valence-corrected chi connectivity index (χ3v) is 2.07. The number of nitrogens with one attached hydrogen (secondary N) is 1. The minimum absolute atomic E-state index is 0.0938. The molecule has 0 saturated heterocycles. The first-order chi connectivity index (χ1) is 8.04. The van der Waals surface area contributed by atoms with Crippen molar-refractivity contribution in [2.24, 2.45) is 0 Å². The Hall–Kier alpha value is -1.49. The molecule has 94 valence electrons. The average molecular weight is 240 g/mol. The van der Waals surface area contributed by atoms with Crippen LogP contribution in [-0.2, 0) is 9.53 Å². The van der Waals surface area contributed by atoms with Crippen LogP contribution in [0.5, 0.6) is 0 Å². The summed E-state index contributed by atoms with van der Waals surface area (Å²) in [5.74, 6) is -0.832. The lowest BCUT2D eigenvalue weighted by Gasteiger charge is -2.19. The fourth-order valence-electron chi connectivity index (χ4n) is 1.39. The molecule has 0 spiro atoms. The highest BCUT2D eigenvalue weighted by Gasteiger charge is 2.23. The number of esters is 1. The van der Waals surface area contributed by atoms with E-state index in [1.165, 1.54) is 12.1 Å². The number of hydrogen-bond donors (Lipinski definition) is 1. The minimum Gasteiger partial charge on any atom is -0.465 e. The lowest BCUT2D eigenvalue weighted by Crippen LogP contribution is -2.35. The van der Waals surface area contributed by atoms with Crippen molar-refractivity contribution in [2.75, 3.05) is 6.61 Å². The van der Waals surface area contributed by atoms with E-state index in [9.17, 15) is 9.18 Å². The third-order valence-electron chi connectivity index (χ3n) is 2.07. The number of carbonyl (C=O) groups excluding carboxylic acids is 1. The summed E-state index contributed by atoms with van der Waals surface area (Å²) in [6.45, 7) is 5.87. The van der Waals surface area contributed by atoms with Crippen LogP contribution in [0.2, 0.25) is 0 Å². The highest BCUT2D eigenvalue weighted by Crippen LogP contribution is 2.13. The van der Waals surface area contributed by atoms with Crippen LogP contribution < -0.4 is 5.32 Å². The first-order valence-corrected chi connectivity index (χ1v) is 5.58. The highest BCUT2D eigenvalue weighted by molar-refractivity contribution is 5.77. The Morgan fingerprint density at radius 2 is 2.24 bits per heavy atom. The van der Waals surface area contributed by atoms with Gasteiger partial charge in [-0.05, 0) is 32.9 Å². The fraction of sp³-hybridized carbons (Fsp3) is 0.500. The van der Waals surface area contributed by atoms with Crippen LogP contribution in [0.3, 0.4) is 0 Å². The Labute approximate surface area is 100 Å². The van der Waals surface area contributed by atoms with Gasteiger partial charge >= 0.3 is 5.97 Å². The minimum atomic E-state index is -0.657. The molecular weight excluding hydrogens is 223 g/mol. The molecule has 0 amide bonds. The van der Waals surface area contributed by atoms with Gasteiger partial charge in [0.05, 0.1) is 18.5 Å². The molecule has 0 radical (unpaired) electrons. The largest absolute Gasteiger partial charge is 0.465 e. The van der Waals surface area contributed by atoms with E-state index in [-0.39, 0.29) is 6.04 Å². The van der Waals surface area contributed by atoms with Crippen LogP contribution in [-0.4, -0.2) is 23.6 Å². The molecule has 5 heteroatoms. The number of carbonyl (C=O) groups is 1. The molecule has 1 N–H and O–H groups in total. The Kier molecular flexibility index (Phi) is 5.03. The quantitative estimate of drug-likeness (QED) is 0.798. The summed E-state index contributed by atoms with van der Waals surface area (Å²) >= 11 is 0. The molecule has 0 aromatic carbocycles. The van der Waals surface area contributed by atoms with E-state index in [4.69, 9.17) is 4.74 Å². The van der Waals surface area contributed by atoms with Crippen molar-refractivity contribution in [1.29, 1.82) is 0 Å². The molecular formula is C12H17FN2O2. The summed E-state index contributed by atoms with van der Waals surface area (Å²) < 4.78 is 17.7. The van der Waals surface area contributed by atoms with E-state index in [2.05, 4.69) is 10.3 Å². The summed E-state index contributed by atoms with van der Waals surface area (Å²) in [6.07, 6.45) is 1.09. The predicted molar refractivity (Wildman–Crippen MR) is 61.8 cm³/mol. The van der Waals surface area contributed by atoms with Crippen molar-refractivity contribution >= 4 is 5.97 Å². The van der Waals surface area contributed by atoms with Gasteiger partial charge in [-0.2, -0.15) is 0 Å². The maximum Gasteiger partial charge on any atom is 0.329 e. The molecule has 17 heavy (non-hydrogen) atoms. The van der Waals surface area contributed by atoms with Gasteiger partial charge in [0.15, 0.2) is 0 Å². The van der Waals surface area contributed by atoms with E-state index >= 15 is 0 Å². The summed E-state index contributed by atoms with van der Waals surface area (Å²) in [6, 6.07) is 2.19. The van der Waals surface area contributed by atoms with Gasteiger partial charge in [0.25, 0.3) is 0 Å². The molecule has 4 nitrogen and oxygen atoms in total. The number of aromatic nitrogens is 1. The van der Waals surface area contributed by atoms with E-state index in [0.29, 0.717) is 12.3 Å². The van der Waals surface area contributed by atoms with Crippen LogP contribution in [0.4, 0.5) is 4.39 Å². The monoisotopic (exact) mass is 240 g/mol. The molecule has 0 aliphatic heterocycles. The predicted octanol–water partition coefficient (Wildman–Crippen LogP) is 1.82. The Morgan fingerprint density at radius 1 is 1.53 bits per heavy atom. The van der Waals surface area contributed by atoms with Gasteiger partial charge in [0, 0.05) is 6.04 Å². The second-order valence-electron chi connectivity index (χ2n) is 3.91. The zero-order valence-electron chi connectivity index (χ0n) is 10.2. The normalized spacial score (nSPS) is 12.5. The van der Waals surface area contributed by atoms with Crippen LogP contribution in [0.25, 0.3) is 0 Å². The van der Waals surface area contributed by atoms with Gasteiger partial charge in [-0.25, -0.2) is 9.18 Å². The zero-order valence-corrected chi connectivity index (χ0v) is 10.2. The number of halogens is 1. The number of ether oxygens (including phenoxy) is 1. The smallest absolute Gasteiger partial charge is 0.329 e. The van der Waals surface area contributed by atoms with Crippen molar-refractivity contribution in [3.8, 4) is 0 Å². The van der Waals surface area contributed by atoms with Crippen molar-refractivity contribution in [2.45, 2.75) is 32.9 Å². The van der Waals surface area contributed by atoms with Gasteiger partial charge in [0.2, 0.25) is 0 Å². The average Bonchev–Trinajstić information content (AvgIpc) is 2.27. The van der Waals surface area contributed by atoms with Gasteiger partial charge < -0.3 is 4.74 Å². The molecule has 1 aromatic rings.